The minimum atomic E-state index is 0.291. The monoisotopic (exact) mass is 224 g/mol. The number of hydrogen-bond donors (Lipinski definition) is 1. The molecule has 1 N–H and O–H groups in total. The van der Waals surface area contributed by atoms with Gasteiger partial charge in [0.1, 0.15) is 11.5 Å². The third-order valence-electron chi connectivity index (χ3n) is 2.38. The van der Waals surface area contributed by atoms with Gasteiger partial charge in [-0.2, -0.15) is 0 Å². The number of rotatable bonds is 8. The number of aliphatic hydroxyl groups is 1. The summed E-state index contributed by atoms with van der Waals surface area (Å²) in [6, 6.07) is 7.60. The van der Waals surface area contributed by atoms with Crippen molar-refractivity contribution >= 4 is 0 Å². The Morgan fingerprint density at radius 1 is 0.938 bits per heavy atom. The molecule has 0 fully saturated rings. The van der Waals surface area contributed by atoms with Crippen LogP contribution in [0.2, 0.25) is 0 Å². The second-order valence-electron chi connectivity index (χ2n) is 3.66. The van der Waals surface area contributed by atoms with Gasteiger partial charge in [-0.3, -0.25) is 0 Å². The summed E-state index contributed by atoms with van der Waals surface area (Å²) in [6.45, 7) is 1.02. The van der Waals surface area contributed by atoms with E-state index in [0.717, 1.165) is 43.8 Å². The van der Waals surface area contributed by atoms with Crippen LogP contribution < -0.4 is 9.47 Å². The first-order chi connectivity index (χ1) is 7.86. The molecule has 0 aromatic heterocycles. The molecular formula is C13H20O3. The van der Waals surface area contributed by atoms with Gasteiger partial charge < -0.3 is 14.6 Å². The molecule has 3 heteroatoms. The Hall–Kier alpha value is -1.22. The van der Waals surface area contributed by atoms with Crippen LogP contribution in [0.1, 0.15) is 25.7 Å². The third-order valence-corrected chi connectivity index (χ3v) is 2.38. The summed E-state index contributed by atoms with van der Waals surface area (Å²) in [7, 11) is 1.65. The van der Waals surface area contributed by atoms with Crippen LogP contribution in [-0.2, 0) is 0 Å². The van der Waals surface area contributed by atoms with Crippen molar-refractivity contribution in [3.63, 3.8) is 0 Å². The van der Waals surface area contributed by atoms with Crippen LogP contribution in [0, 0.1) is 0 Å². The Kier molecular flexibility index (Phi) is 6.42. The van der Waals surface area contributed by atoms with E-state index in [1.165, 1.54) is 0 Å². The van der Waals surface area contributed by atoms with Gasteiger partial charge in [0.15, 0.2) is 0 Å². The average molecular weight is 224 g/mol. The predicted molar refractivity (Wildman–Crippen MR) is 64.0 cm³/mol. The van der Waals surface area contributed by atoms with Gasteiger partial charge in [0.05, 0.1) is 13.7 Å². The van der Waals surface area contributed by atoms with Crippen LogP contribution in [0.15, 0.2) is 24.3 Å². The summed E-state index contributed by atoms with van der Waals surface area (Å²) in [5.41, 5.74) is 0. The first-order valence-corrected chi connectivity index (χ1v) is 5.74. The lowest BCUT2D eigenvalue weighted by atomic mass is 10.2. The van der Waals surface area contributed by atoms with Crippen molar-refractivity contribution in [3.05, 3.63) is 24.3 Å². The quantitative estimate of drug-likeness (QED) is 0.690. The Balaban J connectivity index is 2.12. The van der Waals surface area contributed by atoms with Gasteiger partial charge in [0.25, 0.3) is 0 Å². The molecule has 16 heavy (non-hydrogen) atoms. The fourth-order valence-corrected chi connectivity index (χ4v) is 1.43. The fourth-order valence-electron chi connectivity index (χ4n) is 1.43. The standard InChI is InChI=1S/C13H20O3/c1-15-12-6-8-13(9-7-12)16-11-5-3-2-4-10-14/h6-9,14H,2-5,10-11H2,1H3. The summed E-state index contributed by atoms with van der Waals surface area (Å²) in [4.78, 5) is 0. The molecule has 0 aliphatic heterocycles. The molecule has 1 rings (SSSR count). The van der Waals surface area contributed by atoms with E-state index in [-0.39, 0.29) is 0 Å². The molecule has 0 aliphatic carbocycles. The lowest BCUT2D eigenvalue weighted by Gasteiger charge is -2.06. The van der Waals surface area contributed by atoms with E-state index in [4.69, 9.17) is 14.6 Å². The molecular weight excluding hydrogens is 204 g/mol. The highest BCUT2D eigenvalue weighted by Gasteiger charge is 1.95. The Morgan fingerprint density at radius 3 is 2.19 bits per heavy atom. The average Bonchev–Trinajstić information content (AvgIpc) is 2.34. The second kappa shape index (κ2) is 7.99. The molecule has 0 bridgehead atoms. The highest BCUT2D eigenvalue weighted by atomic mass is 16.5. The molecule has 0 unspecified atom stereocenters. The fraction of sp³-hybridized carbons (Fsp3) is 0.538. The topological polar surface area (TPSA) is 38.7 Å². The Morgan fingerprint density at radius 2 is 1.56 bits per heavy atom. The zero-order valence-corrected chi connectivity index (χ0v) is 9.82. The molecule has 3 nitrogen and oxygen atoms in total. The first kappa shape index (κ1) is 12.8. The molecule has 0 radical (unpaired) electrons. The predicted octanol–water partition coefficient (Wildman–Crippen LogP) is 2.63. The maximum atomic E-state index is 8.61. The van der Waals surface area contributed by atoms with E-state index < -0.39 is 0 Å². The van der Waals surface area contributed by atoms with Crippen molar-refractivity contribution in [1.29, 1.82) is 0 Å². The normalized spacial score (nSPS) is 10.1. The largest absolute Gasteiger partial charge is 0.497 e. The summed E-state index contributed by atoms with van der Waals surface area (Å²) >= 11 is 0. The lowest BCUT2D eigenvalue weighted by Crippen LogP contribution is -1.97. The molecule has 1 aromatic rings. The first-order valence-electron chi connectivity index (χ1n) is 5.74. The number of unbranched alkanes of at least 4 members (excludes halogenated alkanes) is 3. The van der Waals surface area contributed by atoms with Crippen molar-refractivity contribution in [2.24, 2.45) is 0 Å². The molecule has 0 spiro atoms. The maximum Gasteiger partial charge on any atom is 0.119 e. The molecule has 0 saturated heterocycles. The van der Waals surface area contributed by atoms with Crippen molar-refractivity contribution < 1.29 is 14.6 Å². The van der Waals surface area contributed by atoms with Crippen LogP contribution in [-0.4, -0.2) is 25.4 Å². The molecule has 0 saturated carbocycles. The number of ether oxygens (including phenoxy) is 2. The van der Waals surface area contributed by atoms with Crippen molar-refractivity contribution in [1.82, 2.24) is 0 Å². The minimum absolute atomic E-state index is 0.291. The van der Waals surface area contributed by atoms with Crippen LogP contribution in [0.4, 0.5) is 0 Å². The number of hydrogen-bond acceptors (Lipinski definition) is 3. The Labute approximate surface area is 97.0 Å². The number of methoxy groups -OCH3 is 1. The van der Waals surface area contributed by atoms with E-state index in [9.17, 15) is 0 Å². The van der Waals surface area contributed by atoms with Crippen molar-refractivity contribution in [3.8, 4) is 11.5 Å². The van der Waals surface area contributed by atoms with E-state index in [2.05, 4.69) is 0 Å². The number of aliphatic hydroxyl groups excluding tert-OH is 1. The summed E-state index contributed by atoms with van der Waals surface area (Å²) in [6.07, 6.45) is 4.10. The second-order valence-corrected chi connectivity index (χ2v) is 3.66. The van der Waals surface area contributed by atoms with E-state index in [0.29, 0.717) is 6.61 Å². The van der Waals surface area contributed by atoms with Crippen LogP contribution in [0.3, 0.4) is 0 Å². The Bertz CT molecular complexity index is 269. The molecule has 0 amide bonds. The van der Waals surface area contributed by atoms with Gasteiger partial charge in [-0.1, -0.05) is 6.42 Å². The summed E-state index contributed by atoms with van der Waals surface area (Å²) in [5.74, 6) is 1.72. The molecule has 0 aliphatic rings. The maximum absolute atomic E-state index is 8.61. The highest BCUT2D eigenvalue weighted by molar-refractivity contribution is 5.30. The third kappa shape index (κ3) is 5.03. The van der Waals surface area contributed by atoms with E-state index in [1.807, 2.05) is 24.3 Å². The van der Waals surface area contributed by atoms with Gasteiger partial charge in [0.2, 0.25) is 0 Å². The molecule has 90 valence electrons. The molecule has 0 heterocycles. The SMILES string of the molecule is COc1ccc(OCCCCCCO)cc1. The molecule has 1 aromatic carbocycles. The van der Waals surface area contributed by atoms with Gasteiger partial charge in [-0.05, 0) is 43.5 Å². The lowest BCUT2D eigenvalue weighted by molar-refractivity contribution is 0.273. The van der Waals surface area contributed by atoms with Crippen LogP contribution >= 0.6 is 0 Å². The summed E-state index contributed by atoms with van der Waals surface area (Å²) in [5, 5.41) is 8.61. The summed E-state index contributed by atoms with van der Waals surface area (Å²) < 4.78 is 10.6. The van der Waals surface area contributed by atoms with Crippen molar-refractivity contribution in [2.75, 3.05) is 20.3 Å². The molecule has 0 atom stereocenters. The van der Waals surface area contributed by atoms with Crippen LogP contribution in [0.25, 0.3) is 0 Å². The van der Waals surface area contributed by atoms with E-state index in [1.54, 1.807) is 7.11 Å². The van der Waals surface area contributed by atoms with Gasteiger partial charge >= 0.3 is 0 Å². The zero-order valence-electron chi connectivity index (χ0n) is 9.82. The highest BCUT2D eigenvalue weighted by Crippen LogP contribution is 2.17. The minimum Gasteiger partial charge on any atom is -0.497 e. The van der Waals surface area contributed by atoms with Gasteiger partial charge in [-0.25, -0.2) is 0 Å². The smallest absolute Gasteiger partial charge is 0.119 e. The van der Waals surface area contributed by atoms with Crippen molar-refractivity contribution in [2.45, 2.75) is 25.7 Å². The van der Waals surface area contributed by atoms with Gasteiger partial charge in [0, 0.05) is 6.61 Å². The zero-order chi connectivity index (χ0) is 11.6. The van der Waals surface area contributed by atoms with E-state index >= 15 is 0 Å². The number of benzene rings is 1. The van der Waals surface area contributed by atoms with Crippen LogP contribution in [0.5, 0.6) is 11.5 Å². The van der Waals surface area contributed by atoms with Gasteiger partial charge in [-0.15, -0.1) is 0 Å².